The molecule has 0 saturated heterocycles. The van der Waals surface area contributed by atoms with Gasteiger partial charge in [0.2, 0.25) is 0 Å². The van der Waals surface area contributed by atoms with E-state index in [1.54, 1.807) is 0 Å². The van der Waals surface area contributed by atoms with Crippen molar-refractivity contribution in [3.05, 3.63) is 176 Å². The van der Waals surface area contributed by atoms with E-state index < -0.39 is 0 Å². The molecule has 0 aliphatic carbocycles. The SMILES string of the molecule is c1ccc(-c2ccc(N(c3ccc(-c4ccc5ccccc5c4)cc3)c3cc4ccccc4c4ccccc34)cc2)cc1. The molecule has 1 heteroatoms. The van der Waals surface area contributed by atoms with Gasteiger partial charge in [-0.05, 0) is 85.6 Å². The Kier molecular flexibility index (Phi) is 6.20. The average molecular weight is 548 g/mol. The quantitative estimate of drug-likeness (QED) is 0.194. The van der Waals surface area contributed by atoms with E-state index in [2.05, 4.69) is 181 Å². The smallest absolute Gasteiger partial charge is 0.0546 e. The normalized spacial score (nSPS) is 11.3. The first-order valence-corrected chi connectivity index (χ1v) is 14.8. The second-order valence-electron chi connectivity index (χ2n) is 11.0. The van der Waals surface area contributed by atoms with Crippen molar-refractivity contribution in [3.63, 3.8) is 0 Å². The predicted octanol–water partition coefficient (Wildman–Crippen LogP) is 11.9. The van der Waals surface area contributed by atoms with Crippen LogP contribution in [0.5, 0.6) is 0 Å². The van der Waals surface area contributed by atoms with Crippen LogP contribution in [0.1, 0.15) is 0 Å². The monoisotopic (exact) mass is 547 g/mol. The summed E-state index contributed by atoms with van der Waals surface area (Å²) in [5.74, 6) is 0. The van der Waals surface area contributed by atoms with Crippen molar-refractivity contribution >= 4 is 49.4 Å². The van der Waals surface area contributed by atoms with E-state index in [0.717, 1.165) is 11.4 Å². The number of benzene rings is 8. The van der Waals surface area contributed by atoms with E-state index in [4.69, 9.17) is 0 Å². The van der Waals surface area contributed by atoms with Crippen LogP contribution >= 0.6 is 0 Å². The van der Waals surface area contributed by atoms with Crippen molar-refractivity contribution in [2.24, 2.45) is 0 Å². The molecular weight excluding hydrogens is 518 g/mol. The van der Waals surface area contributed by atoms with Crippen LogP contribution in [0.3, 0.4) is 0 Å². The summed E-state index contributed by atoms with van der Waals surface area (Å²) >= 11 is 0. The summed E-state index contributed by atoms with van der Waals surface area (Å²) < 4.78 is 0. The Labute approximate surface area is 251 Å². The van der Waals surface area contributed by atoms with Gasteiger partial charge < -0.3 is 4.90 Å². The number of hydrogen-bond donors (Lipinski definition) is 0. The Bertz CT molecular complexity index is 2210. The number of nitrogens with zero attached hydrogens (tertiary/aromatic N) is 1. The number of fused-ring (bicyclic) bond motifs is 4. The van der Waals surface area contributed by atoms with Crippen LogP contribution in [0.4, 0.5) is 17.1 Å². The molecule has 0 amide bonds. The van der Waals surface area contributed by atoms with Crippen LogP contribution < -0.4 is 4.90 Å². The zero-order valence-electron chi connectivity index (χ0n) is 23.7. The molecule has 43 heavy (non-hydrogen) atoms. The van der Waals surface area contributed by atoms with Gasteiger partial charge in [0, 0.05) is 16.8 Å². The fourth-order valence-electron chi connectivity index (χ4n) is 6.25. The van der Waals surface area contributed by atoms with Crippen LogP contribution in [0.2, 0.25) is 0 Å². The summed E-state index contributed by atoms with van der Waals surface area (Å²) in [6, 6.07) is 63.5. The zero-order valence-corrected chi connectivity index (χ0v) is 23.7. The highest BCUT2D eigenvalue weighted by molar-refractivity contribution is 6.14. The summed E-state index contributed by atoms with van der Waals surface area (Å²) in [7, 11) is 0. The molecule has 202 valence electrons. The van der Waals surface area contributed by atoms with Gasteiger partial charge >= 0.3 is 0 Å². The van der Waals surface area contributed by atoms with E-state index >= 15 is 0 Å². The van der Waals surface area contributed by atoms with Crippen molar-refractivity contribution < 1.29 is 0 Å². The molecule has 0 heterocycles. The summed E-state index contributed by atoms with van der Waals surface area (Å²) in [6.45, 7) is 0. The molecule has 0 aromatic heterocycles. The standard InChI is InChI=1S/C42H29N/c1-2-10-30(11-3-1)32-20-24-37(25-21-32)43(42-29-36-14-6-7-15-39(36)40-16-8-9-17-41(40)42)38-26-22-33(23-27-38)35-19-18-31-12-4-5-13-34(31)28-35/h1-29H. The number of anilines is 3. The minimum Gasteiger partial charge on any atom is -0.310 e. The molecule has 0 bridgehead atoms. The van der Waals surface area contributed by atoms with E-state index in [-0.39, 0.29) is 0 Å². The molecule has 8 aromatic rings. The molecule has 1 nitrogen and oxygen atoms in total. The summed E-state index contributed by atoms with van der Waals surface area (Å²) in [4.78, 5) is 2.40. The van der Waals surface area contributed by atoms with Crippen molar-refractivity contribution in [1.29, 1.82) is 0 Å². The predicted molar refractivity (Wildman–Crippen MR) is 185 cm³/mol. The lowest BCUT2D eigenvalue weighted by Gasteiger charge is -2.28. The van der Waals surface area contributed by atoms with Crippen LogP contribution in [0.25, 0.3) is 54.6 Å². The van der Waals surface area contributed by atoms with Crippen LogP contribution in [0.15, 0.2) is 176 Å². The molecule has 0 saturated carbocycles. The highest BCUT2D eigenvalue weighted by Gasteiger charge is 2.17. The Morgan fingerprint density at radius 1 is 0.279 bits per heavy atom. The topological polar surface area (TPSA) is 3.24 Å². The van der Waals surface area contributed by atoms with Gasteiger partial charge in [0.1, 0.15) is 0 Å². The van der Waals surface area contributed by atoms with E-state index in [1.807, 2.05) is 0 Å². The fourth-order valence-corrected chi connectivity index (χ4v) is 6.25. The van der Waals surface area contributed by atoms with Crippen molar-refractivity contribution in [2.45, 2.75) is 0 Å². The van der Waals surface area contributed by atoms with Gasteiger partial charge in [0.15, 0.2) is 0 Å². The first kappa shape index (κ1) is 25.1. The molecule has 0 N–H and O–H groups in total. The van der Waals surface area contributed by atoms with Gasteiger partial charge in [-0.3, -0.25) is 0 Å². The molecule has 8 aromatic carbocycles. The minimum atomic E-state index is 1.12. The first-order valence-electron chi connectivity index (χ1n) is 14.8. The minimum absolute atomic E-state index is 1.12. The van der Waals surface area contributed by atoms with Crippen LogP contribution in [-0.2, 0) is 0 Å². The molecule has 0 atom stereocenters. The van der Waals surface area contributed by atoms with E-state index in [9.17, 15) is 0 Å². The molecule has 0 aliphatic heterocycles. The van der Waals surface area contributed by atoms with Gasteiger partial charge in [-0.25, -0.2) is 0 Å². The fraction of sp³-hybridized carbons (Fsp3) is 0. The third-order valence-corrected chi connectivity index (χ3v) is 8.43. The zero-order chi connectivity index (χ0) is 28.6. The Morgan fingerprint density at radius 2 is 0.767 bits per heavy atom. The summed E-state index contributed by atoms with van der Waals surface area (Å²) in [5, 5.41) is 7.51. The molecule has 0 fully saturated rings. The maximum absolute atomic E-state index is 2.40. The third-order valence-electron chi connectivity index (χ3n) is 8.43. The molecule has 0 radical (unpaired) electrons. The first-order chi connectivity index (χ1) is 21.3. The average Bonchev–Trinajstić information content (AvgIpc) is 3.09. The van der Waals surface area contributed by atoms with Gasteiger partial charge in [-0.15, -0.1) is 0 Å². The van der Waals surface area contributed by atoms with Crippen molar-refractivity contribution in [3.8, 4) is 22.3 Å². The molecule has 0 spiro atoms. The van der Waals surface area contributed by atoms with Gasteiger partial charge in [0.05, 0.1) is 5.69 Å². The Morgan fingerprint density at radius 3 is 1.47 bits per heavy atom. The summed E-state index contributed by atoms with van der Waals surface area (Å²) in [5.41, 5.74) is 8.27. The van der Waals surface area contributed by atoms with E-state index in [0.29, 0.717) is 0 Å². The summed E-state index contributed by atoms with van der Waals surface area (Å²) in [6.07, 6.45) is 0. The highest BCUT2D eigenvalue weighted by Crippen LogP contribution is 2.42. The lowest BCUT2D eigenvalue weighted by molar-refractivity contribution is 1.30. The third kappa shape index (κ3) is 4.62. The van der Waals surface area contributed by atoms with E-state index in [1.165, 1.54) is 60.3 Å². The maximum Gasteiger partial charge on any atom is 0.0546 e. The Hall–Kier alpha value is -5.66. The molecule has 8 rings (SSSR count). The van der Waals surface area contributed by atoms with Crippen molar-refractivity contribution in [2.75, 3.05) is 4.90 Å². The lowest BCUT2D eigenvalue weighted by Crippen LogP contribution is -2.10. The molecule has 0 unspecified atom stereocenters. The number of rotatable bonds is 5. The second-order valence-corrected chi connectivity index (χ2v) is 11.0. The van der Waals surface area contributed by atoms with Crippen LogP contribution in [-0.4, -0.2) is 0 Å². The Balaban J connectivity index is 1.29. The van der Waals surface area contributed by atoms with Crippen LogP contribution in [0, 0.1) is 0 Å². The van der Waals surface area contributed by atoms with Crippen molar-refractivity contribution in [1.82, 2.24) is 0 Å². The highest BCUT2D eigenvalue weighted by atomic mass is 15.1. The molecular formula is C42H29N. The largest absolute Gasteiger partial charge is 0.310 e. The van der Waals surface area contributed by atoms with Gasteiger partial charge in [-0.1, -0.05) is 140 Å². The maximum atomic E-state index is 2.40. The van der Waals surface area contributed by atoms with Gasteiger partial charge in [-0.2, -0.15) is 0 Å². The molecule has 0 aliphatic rings. The number of hydrogen-bond acceptors (Lipinski definition) is 1. The second kappa shape index (κ2) is 10.6. The lowest BCUT2D eigenvalue weighted by atomic mass is 9.98. The van der Waals surface area contributed by atoms with Gasteiger partial charge in [0.25, 0.3) is 0 Å².